The molecule has 0 radical (unpaired) electrons. The zero-order valence-corrected chi connectivity index (χ0v) is 16.7. The Bertz CT molecular complexity index is 963. The highest BCUT2D eigenvalue weighted by atomic mass is 32.2. The van der Waals surface area contributed by atoms with Crippen LogP contribution in [-0.4, -0.2) is 23.4 Å². The molecule has 4 nitrogen and oxygen atoms in total. The first-order valence-corrected chi connectivity index (χ1v) is 10.4. The van der Waals surface area contributed by atoms with Gasteiger partial charge in [-0.2, -0.15) is 0 Å². The zero-order chi connectivity index (χ0) is 19.9. The molecule has 4 rings (SSSR count). The molecule has 0 aliphatic carbocycles. The van der Waals surface area contributed by atoms with Gasteiger partial charge in [-0.05, 0) is 47.5 Å². The number of hydrogen-bond donors (Lipinski definition) is 1. The fourth-order valence-corrected chi connectivity index (χ4v) is 3.77. The van der Waals surface area contributed by atoms with Gasteiger partial charge in [0.25, 0.3) is 0 Å². The van der Waals surface area contributed by atoms with Crippen molar-refractivity contribution in [3.05, 3.63) is 95.8 Å². The zero-order valence-electron chi connectivity index (χ0n) is 15.9. The normalized spacial score (nSPS) is 14.2. The van der Waals surface area contributed by atoms with E-state index in [2.05, 4.69) is 27.3 Å². The van der Waals surface area contributed by atoms with E-state index in [1.54, 1.807) is 11.8 Å². The third-order valence-corrected chi connectivity index (χ3v) is 5.47. The van der Waals surface area contributed by atoms with Crippen LogP contribution in [0.1, 0.15) is 11.1 Å². The first-order valence-electron chi connectivity index (χ1n) is 9.44. The van der Waals surface area contributed by atoms with Gasteiger partial charge >= 0.3 is 0 Å². The number of rotatable bonds is 6. The second-order valence-electron chi connectivity index (χ2n) is 6.75. The first kappa shape index (κ1) is 19.5. The average Bonchev–Trinajstić information content (AvgIpc) is 2.76. The number of thioether (sulfide) groups is 1. The minimum Gasteiger partial charge on any atom is -0.457 e. The number of nitrogens with one attached hydrogen (secondary N) is 1. The van der Waals surface area contributed by atoms with Crippen molar-refractivity contribution in [3.63, 3.8) is 0 Å². The Morgan fingerprint density at radius 1 is 0.931 bits per heavy atom. The summed E-state index contributed by atoms with van der Waals surface area (Å²) in [6.45, 7) is 2.10. The Morgan fingerprint density at radius 2 is 1.72 bits per heavy atom. The number of nitrogens with zero attached hydrogens (tertiary/aromatic N) is 2. The van der Waals surface area contributed by atoms with Crippen LogP contribution < -0.4 is 10.1 Å². The molecule has 148 valence electrons. The fraction of sp³-hybridized carbons (Fsp3) is 0.174. The van der Waals surface area contributed by atoms with Crippen LogP contribution in [0.4, 0.5) is 4.39 Å². The van der Waals surface area contributed by atoms with Crippen molar-refractivity contribution in [1.82, 2.24) is 10.2 Å². The van der Waals surface area contributed by atoms with Crippen LogP contribution in [0.15, 0.2) is 83.9 Å². The fourth-order valence-electron chi connectivity index (χ4n) is 2.98. The maximum absolute atomic E-state index is 13.0. The summed E-state index contributed by atoms with van der Waals surface area (Å²) in [6, 6.07) is 24.5. The predicted octanol–water partition coefficient (Wildman–Crippen LogP) is 5.23. The van der Waals surface area contributed by atoms with Gasteiger partial charge in [-0.3, -0.25) is 4.90 Å². The summed E-state index contributed by atoms with van der Waals surface area (Å²) >= 11 is 1.68. The quantitative estimate of drug-likeness (QED) is 0.607. The standard InChI is InChI=1S/C23H22FN3OS/c24-20-11-9-18(10-12-20)14-27-16-25-23(26-17-27)29-15-19-5-4-8-22(13-19)28-21-6-2-1-3-7-21/h1-13H,14-17H2,(H,25,26). The van der Waals surface area contributed by atoms with Crippen LogP contribution in [0.2, 0.25) is 0 Å². The van der Waals surface area contributed by atoms with Gasteiger partial charge < -0.3 is 10.1 Å². The molecule has 3 aromatic rings. The SMILES string of the molecule is Fc1ccc(CN2CN=C(SCc3cccc(Oc4ccccc4)c3)NC2)cc1. The van der Waals surface area contributed by atoms with Crippen LogP contribution in [0.25, 0.3) is 0 Å². The third kappa shape index (κ3) is 5.82. The van der Waals surface area contributed by atoms with Gasteiger partial charge in [0, 0.05) is 12.3 Å². The van der Waals surface area contributed by atoms with E-state index in [9.17, 15) is 4.39 Å². The van der Waals surface area contributed by atoms with E-state index < -0.39 is 0 Å². The minimum absolute atomic E-state index is 0.208. The van der Waals surface area contributed by atoms with E-state index in [0.29, 0.717) is 6.67 Å². The van der Waals surface area contributed by atoms with E-state index in [-0.39, 0.29) is 5.82 Å². The van der Waals surface area contributed by atoms with Gasteiger partial charge in [-0.1, -0.05) is 54.2 Å². The molecule has 0 saturated carbocycles. The van der Waals surface area contributed by atoms with Crippen LogP contribution in [-0.2, 0) is 12.3 Å². The summed E-state index contributed by atoms with van der Waals surface area (Å²) in [7, 11) is 0. The Balaban J connectivity index is 1.28. The number of hydrogen-bond acceptors (Lipinski definition) is 5. The van der Waals surface area contributed by atoms with Gasteiger partial charge in [-0.25, -0.2) is 9.38 Å². The summed E-state index contributed by atoms with van der Waals surface area (Å²) in [5, 5.41) is 4.30. The number of benzene rings is 3. The Kier molecular flexibility index (Phi) is 6.44. The van der Waals surface area contributed by atoms with Crippen molar-refractivity contribution in [2.75, 3.05) is 13.3 Å². The number of aliphatic imine (C=N–C) groups is 1. The van der Waals surface area contributed by atoms with Crippen LogP contribution in [0.5, 0.6) is 11.5 Å². The van der Waals surface area contributed by atoms with Gasteiger partial charge in [0.1, 0.15) is 17.3 Å². The van der Waals surface area contributed by atoms with Gasteiger partial charge in [0.2, 0.25) is 0 Å². The lowest BCUT2D eigenvalue weighted by atomic mass is 10.2. The van der Waals surface area contributed by atoms with Crippen LogP contribution >= 0.6 is 11.8 Å². The first-order chi connectivity index (χ1) is 14.2. The second-order valence-corrected chi connectivity index (χ2v) is 7.71. The summed E-state index contributed by atoms with van der Waals surface area (Å²) in [5.41, 5.74) is 2.26. The molecule has 0 aromatic heterocycles. The summed E-state index contributed by atoms with van der Waals surface area (Å²) < 4.78 is 18.9. The monoisotopic (exact) mass is 407 g/mol. The van der Waals surface area contributed by atoms with Crippen LogP contribution in [0.3, 0.4) is 0 Å². The van der Waals surface area contributed by atoms with E-state index in [1.807, 2.05) is 54.6 Å². The van der Waals surface area contributed by atoms with Gasteiger partial charge in [0.15, 0.2) is 5.17 Å². The lowest BCUT2D eigenvalue weighted by Gasteiger charge is -2.26. The second kappa shape index (κ2) is 9.58. The summed E-state index contributed by atoms with van der Waals surface area (Å²) in [6.07, 6.45) is 0. The topological polar surface area (TPSA) is 36.9 Å². The van der Waals surface area contributed by atoms with E-state index in [4.69, 9.17) is 4.74 Å². The number of ether oxygens (including phenoxy) is 1. The highest BCUT2D eigenvalue weighted by molar-refractivity contribution is 8.13. The maximum atomic E-state index is 13.0. The van der Waals surface area contributed by atoms with Crippen molar-refractivity contribution in [1.29, 1.82) is 0 Å². The van der Waals surface area contributed by atoms with Crippen molar-refractivity contribution < 1.29 is 9.13 Å². The molecule has 6 heteroatoms. The molecule has 3 aromatic carbocycles. The van der Waals surface area contributed by atoms with Crippen molar-refractivity contribution in [3.8, 4) is 11.5 Å². The number of halogens is 1. The third-order valence-electron chi connectivity index (χ3n) is 4.44. The van der Waals surface area contributed by atoms with Gasteiger partial charge in [0.05, 0.1) is 13.3 Å². The number of amidine groups is 1. The lowest BCUT2D eigenvalue weighted by molar-refractivity contribution is 0.258. The summed E-state index contributed by atoms with van der Waals surface area (Å²) in [4.78, 5) is 6.79. The molecule has 1 aliphatic heterocycles. The molecule has 29 heavy (non-hydrogen) atoms. The smallest absolute Gasteiger partial charge is 0.159 e. The van der Waals surface area contributed by atoms with E-state index >= 15 is 0 Å². The van der Waals surface area contributed by atoms with Crippen LogP contribution in [0, 0.1) is 5.82 Å². The summed E-state index contributed by atoms with van der Waals surface area (Å²) in [5.74, 6) is 2.27. The molecular weight excluding hydrogens is 385 g/mol. The largest absolute Gasteiger partial charge is 0.457 e. The Labute approximate surface area is 174 Å². The molecular formula is C23H22FN3OS. The molecule has 0 fully saturated rings. The van der Waals surface area contributed by atoms with Crippen molar-refractivity contribution >= 4 is 16.9 Å². The highest BCUT2D eigenvalue weighted by Crippen LogP contribution is 2.24. The Morgan fingerprint density at radius 3 is 2.48 bits per heavy atom. The maximum Gasteiger partial charge on any atom is 0.159 e. The molecule has 0 bridgehead atoms. The molecule has 1 heterocycles. The molecule has 0 atom stereocenters. The van der Waals surface area contributed by atoms with E-state index in [0.717, 1.165) is 41.2 Å². The molecule has 0 spiro atoms. The Hall–Kier alpha value is -2.83. The lowest BCUT2D eigenvalue weighted by Crippen LogP contribution is -2.41. The minimum atomic E-state index is -0.208. The average molecular weight is 408 g/mol. The molecule has 0 saturated heterocycles. The molecule has 1 aliphatic rings. The van der Waals surface area contributed by atoms with E-state index in [1.165, 1.54) is 17.7 Å². The highest BCUT2D eigenvalue weighted by Gasteiger charge is 2.13. The molecule has 0 amide bonds. The van der Waals surface area contributed by atoms with Crippen molar-refractivity contribution in [2.45, 2.75) is 12.3 Å². The number of para-hydroxylation sites is 1. The predicted molar refractivity (Wildman–Crippen MR) is 117 cm³/mol. The van der Waals surface area contributed by atoms with Crippen molar-refractivity contribution in [2.24, 2.45) is 4.99 Å². The molecule has 0 unspecified atom stereocenters. The van der Waals surface area contributed by atoms with Gasteiger partial charge in [-0.15, -0.1) is 0 Å². The molecule has 1 N–H and O–H groups in total.